The van der Waals surface area contributed by atoms with Crippen molar-refractivity contribution in [1.82, 2.24) is 9.47 Å². The molecule has 1 aromatic carbocycles. The van der Waals surface area contributed by atoms with Crippen molar-refractivity contribution in [3.05, 3.63) is 41.2 Å². The van der Waals surface area contributed by atoms with Crippen molar-refractivity contribution in [3.8, 4) is 17.6 Å². The Labute approximate surface area is 157 Å². The highest BCUT2D eigenvalue weighted by molar-refractivity contribution is 5.95. The van der Waals surface area contributed by atoms with Crippen LogP contribution in [-0.2, 0) is 11.3 Å². The minimum atomic E-state index is -0.523. The molecule has 2 aromatic rings. The third-order valence-corrected chi connectivity index (χ3v) is 3.85. The summed E-state index contributed by atoms with van der Waals surface area (Å²) in [5, 5.41) is 9.49. The van der Waals surface area contributed by atoms with E-state index in [1.54, 1.807) is 28.9 Å². The number of ether oxygens (including phenoxy) is 3. The van der Waals surface area contributed by atoms with Gasteiger partial charge in [-0.05, 0) is 24.6 Å². The molecule has 0 fully saturated rings. The Bertz CT molecular complexity index is 925. The molecular weight excluding hydrogens is 348 g/mol. The van der Waals surface area contributed by atoms with Gasteiger partial charge in [0.2, 0.25) is 6.79 Å². The molecule has 1 aliphatic heterocycles. The number of hydrogen-bond acceptors (Lipinski definition) is 6. The molecule has 0 unspecified atom stereocenters. The number of hydrogen-bond donors (Lipinski definition) is 0. The number of aliphatic imine (C=N–C) groups is 1. The van der Waals surface area contributed by atoms with Gasteiger partial charge in [0.15, 0.2) is 17.2 Å². The van der Waals surface area contributed by atoms with E-state index in [4.69, 9.17) is 14.2 Å². The highest BCUT2D eigenvalue weighted by Crippen LogP contribution is 2.34. The fraction of sp³-hybridized carbons (Fsp3) is 0.316. The first-order valence-electron chi connectivity index (χ1n) is 8.43. The van der Waals surface area contributed by atoms with Crippen LogP contribution in [0.25, 0.3) is 0 Å². The summed E-state index contributed by atoms with van der Waals surface area (Å²) in [4.78, 5) is 18.6. The summed E-state index contributed by atoms with van der Waals surface area (Å²) in [5.74, 6) is 0.820. The number of rotatable bonds is 6. The summed E-state index contributed by atoms with van der Waals surface area (Å²) in [6, 6.07) is 7.66. The van der Waals surface area contributed by atoms with Crippen molar-refractivity contribution in [2.75, 3.05) is 27.5 Å². The Morgan fingerprint density at radius 2 is 2.19 bits per heavy atom. The molecule has 1 aromatic heterocycles. The minimum absolute atomic E-state index is 0.193. The van der Waals surface area contributed by atoms with E-state index < -0.39 is 5.97 Å². The zero-order chi connectivity index (χ0) is 19.4. The summed E-state index contributed by atoms with van der Waals surface area (Å²) < 4.78 is 17.6. The molecule has 0 amide bonds. The third-order valence-electron chi connectivity index (χ3n) is 3.85. The van der Waals surface area contributed by atoms with Crippen molar-refractivity contribution in [3.63, 3.8) is 0 Å². The molecule has 0 atom stereocenters. The van der Waals surface area contributed by atoms with E-state index in [0.717, 1.165) is 5.56 Å². The second-order valence-corrected chi connectivity index (χ2v) is 6.10. The van der Waals surface area contributed by atoms with E-state index >= 15 is 0 Å². The lowest BCUT2D eigenvalue weighted by atomic mass is 10.2. The van der Waals surface area contributed by atoms with Crippen LogP contribution in [0.5, 0.6) is 11.5 Å². The van der Waals surface area contributed by atoms with Crippen LogP contribution < -0.4 is 9.47 Å². The van der Waals surface area contributed by atoms with Gasteiger partial charge in [-0.15, -0.1) is 0 Å². The summed E-state index contributed by atoms with van der Waals surface area (Å²) in [6.07, 6.45) is 3.16. The first kappa shape index (κ1) is 18.3. The first-order chi connectivity index (χ1) is 13.0. The van der Waals surface area contributed by atoms with Gasteiger partial charge in [0.1, 0.15) is 11.8 Å². The fourth-order valence-electron chi connectivity index (χ4n) is 2.70. The highest BCUT2D eigenvalue weighted by Gasteiger charge is 2.23. The lowest BCUT2D eigenvalue weighted by Crippen LogP contribution is -2.13. The number of carbonyl (C=O) groups excluding carboxylic acids is 1. The summed E-state index contributed by atoms with van der Waals surface area (Å²) in [5.41, 5.74) is 1.74. The molecule has 0 saturated heterocycles. The van der Waals surface area contributed by atoms with Crippen LogP contribution in [0.2, 0.25) is 0 Å². The predicted octanol–water partition coefficient (Wildman–Crippen LogP) is 2.53. The van der Waals surface area contributed by atoms with Crippen LogP contribution in [0, 0.1) is 11.3 Å². The normalized spacial score (nSPS) is 12.2. The molecule has 2 heterocycles. The fourth-order valence-corrected chi connectivity index (χ4v) is 2.70. The molecule has 0 radical (unpaired) electrons. The standard InChI is InChI=1S/C19H20N4O4/c1-4-25-19(24)18-17(21-11-22(2)3)14(8-20)10-23(18)9-13-5-6-15-16(7-13)27-12-26-15/h5-7,10-11H,4,9,12H2,1-3H3. The SMILES string of the molecule is CCOC(=O)c1c(N=CN(C)C)c(C#N)cn1Cc1ccc2c(c1)OCO2. The van der Waals surface area contributed by atoms with Crippen molar-refractivity contribution in [2.45, 2.75) is 13.5 Å². The van der Waals surface area contributed by atoms with Gasteiger partial charge in [0, 0.05) is 26.8 Å². The maximum Gasteiger partial charge on any atom is 0.357 e. The van der Waals surface area contributed by atoms with E-state index in [0.29, 0.717) is 29.3 Å². The van der Waals surface area contributed by atoms with Gasteiger partial charge < -0.3 is 23.7 Å². The van der Waals surface area contributed by atoms with Gasteiger partial charge in [-0.2, -0.15) is 5.26 Å². The summed E-state index contributed by atoms with van der Waals surface area (Å²) in [6.45, 7) is 2.51. The van der Waals surface area contributed by atoms with E-state index in [1.807, 2.05) is 32.3 Å². The molecule has 1 aliphatic rings. The topological polar surface area (TPSA) is 89.1 Å². The van der Waals surface area contributed by atoms with Crippen LogP contribution in [0.4, 0.5) is 5.69 Å². The Morgan fingerprint density at radius 1 is 1.41 bits per heavy atom. The zero-order valence-corrected chi connectivity index (χ0v) is 15.4. The van der Waals surface area contributed by atoms with E-state index in [-0.39, 0.29) is 19.1 Å². The quantitative estimate of drug-likeness (QED) is 0.442. The molecule has 0 saturated carbocycles. The summed E-state index contributed by atoms with van der Waals surface area (Å²) >= 11 is 0. The Morgan fingerprint density at radius 3 is 2.89 bits per heavy atom. The molecule has 0 aliphatic carbocycles. The van der Waals surface area contributed by atoms with Gasteiger partial charge in [-0.25, -0.2) is 9.79 Å². The monoisotopic (exact) mass is 368 g/mol. The number of fused-ring (bicyclic) bond motifs is 1. The molecule has 3 rings (SSSR count). The molecular formula is C19H20N4O4. The van der Waals surface area contributed by atoms with Gasteiger partial charge in [-0.3, -0.25) is 0 Å². The second kappa shape index (κ2) is 7.83. The lowest BCUT2D eigenvalue weighted by molar-refractivity contribution is 0.0515. The first-order valence-corrected chi connectivity index (χ1v) is 8.43. The van der Waals surface area contributed by atoms with E-state index in [2.05, 4.69) is 11.1 Å². The maximum absolute atomic E-state index is 12.6. The van der Waals surface area contributed by atoms with Crippen molar-refractivity contribution >= 4 is 18.0 Å². The lowest BCUT2D eigenvalue weighted by Gasteiger charge is -2.10. The Kier molecular flexibility index (Phi) is 5.31. The zero-order valence-electron chi connectivity index (χ0n) is 15.4. The number of nitriles is 1. The highest BCUT2D eigenvalue weighted by atomic mass is 16.7. The van der Waals surface area contributed by atoms with Gasteiger partial charge in [0.25, 0.3) is 0 Å². The molecule has 27 heavy (non-hydrogen) atoms. The Hall–Kier alpha value is -3.47. The molecule has 8 nitrogen and oxygen atoms in total. The van der Waals surface area contributed by atoms with E-state index in [9.17, 15) is 10.1 Å². The average Bonchev–Trinajstić information content (AvgIpc) is 3.23. The second-order valence-electron chi connectivity index (χ2n) is 6.10. The van der Waals surface area contributed by atoms with Gasteiger partial charge in [-0.1, -0.05) is 6.07 Å². The molecule has 140 valence electrons. The predicted molar refractivity (Wildman–Crippen MR) is 98.6 cm³/mol. The molecule has 8 heteroatoms. The average molecular weight is 368 g/mol. The van der Waals surface area contributed by atoms with E-state index in [1.165, 1.54) is 0 Å². The van der Waals surface area contributed by atoms with Crippen molar-refractivity contribution in [1.29, 1.82) is 5.26 Å². The number of benzene rings is 1. The number of esters is 1. The third kappa shape index (κ3) is 3.87. The van der Waals surface area contributed by atoms with Crippen LogP contribution in [-0.4, -0.2) is 49.3 Å². The van der Waals surface area contributed by atoms with Crippen LogP contribution in [0.3, 0.4) is 0 Å². The smallest absolute Gasteiger partial charge is 0.357 e. The van der Waals surface area contributed by atoms with Gasteiger partial charge in [0.05, 0.1) is 18.5 Å². The van der Waals surface area contributed by atoms with Crippen molar-refractivity contribution < 1.29 is 19.0 Å². The Balaban J connectivity index is 2.03. The molecule has 0 spiro atoms. The summed E-state index contributed by atoms with van der Waals surface area (Å²) in [7, 11) is 3.62. The molecule has 0 N–H and O–H groups in total. The minimum Gasteiger partial charge on any atom is -0.461 e. The van der Waals surface area contributed by atoms with Crippen molar-refractivity contribution in [2.24, 2.45) is 4.99 Å². The molecule has 0 bridgehead atoms. The number of aromatic nitrogens is 1. The largest absolute Gasteiger partial charge is 0.461 e. The van der Waals surface area contributed by atoms with Crippen LogP contribution in [0.15, 0.2) is 29.4 Å². The number of carbonyl (C=O) groups is 1. The number of nitrogens with zero attached hydrogens (tertiary/aromatic N) is 4. The van der Waals surface area contributed by atoms with Crippen LogP contribution in [0.1, 0.15) is 28.5 Å². The maximum atomic E-state index is 12.6. The van der Waals surface area contributed by atoms with Crippen LogP contribution >= 0.6 is 0 Å². The van der Waals surface area contributed by atoms with Gasteiger partial charge >= 0.3 is 5.97 Å².